The number of hydrogen-bond acceptors (Lipinski definition) is 4. The topological polar surface area (TPSA) is 41.3 Å². The first-order chi connectivity index (χ1) is 9.25. The summed E-state index contributed by atoms with van der Waals surface area (Å²) in [6.45, 7) is 0.972. The first kappa shape index (κ1) is 12.1. The van der Waals surface area contributed by atoms with Crippen LogP contribution in [0.15, 0.2) is 28.8 Å². The van der Waals surface area contributed by atoms with Gasteiger partial charge in [0.15, 0.2) is 0 Å². The third-order valence-corrected chi connectivity index (χ3v) is 3.56. The van der Waals surface area contributed by atoms with Crippen LogP contribution in [0.2, 0.25) is 0 Å². The van der Waals surface area contributed by atoms with Gasteiger partial charge in [-0.2, -0.15) is 0 Å². The van der Waals surface area contributed by atoms with Gasteiger partial charge in [-0.25, -0.2) is 0 Å². The molecule has 0 spiro atoms. The van der Waals surface area contributed by atoms with Gasteiger partial charge >= 0.3 is 0 Å². The largest absolute Gasteiger partial charge is 0.378 e. The summed E-state index contributed by atoms with van der Waals surface area (Å²) >= 11 is 0. The first-order valence-corrected chi connectivity index (χ1v) is 6.76. The third-order valence-electron chi connectivity index (χ3n) is 3.56. The zero-order chi connectivity index (χ0) is 13.2. The van der Waals surface area contributed by atoms with Crippen LogP contribution in [0, 0.1) is 0 Å². The average molecular weight is 257 g/mol. The lowest BCUT2D eigenvalue weighted by molar-refractivity contribution is 0.434. The predicted octanol–water partition coefficient (Wildman–Crippen LogP) is 3.16. The second-order valence-electron chi connectivity index (χ2n) is 5.17. The molecular formula is C15H19N3O. The van der Waals surface area contributed by atoms with E-state index in [0.29, 0.717) is 0 Å². The van der Waals surface area contributed by atoms with E-state index in [4.69, 9.17) is 4.52 Å². The van der Waals surface area contributed by atoms with Gasteiger partial charge in [0, 0.05) is 37.5 Å². The highest BCUT2D eigenvalue weighted by Crippen LogP contribution is 2.33. The monoisotopic (exact) mass is 257 g/mol. The van der Waals surface area contributed by atoms with Gasteiger partial charge in [0.1, 0.15) is 5.69 Å². The van der Waals surface area contributed by atoms with Crippen molar-refractivity contribution in [1.29, 1.82) is 0 Å². The molecule has 3 rings (SSSR count). The molecule has 1 aliphatic heterocycles. The van der Waals surface area contributed by atoms with Gasteiger partial charge in [-0.05, 0) is 31.4 Å². The number of rotatable bonds is 2. The van der Waals surface area contributed by atoms with E-state index in [2.05, 4.69) is 39.6 Å². The molecule has 100 valence electrons. The summed E-state index contributed by atoms with van der Waals surface area (Å²) in [5.41, 5.74) is 4.50. The average Bonchev–Trinajstić information content (AvgIpc) is 2.68. The Morgan fingerprint density at radius 1 is 1.26 bits per heavy atom. The number of nitrogens with one attached hydrogen (secondary N) is 1. The van der Waals surface area contributed by atoms with Crippen LogP contribution >= 0.6 is 0 Å². The lowest BCUT2D eigenvalue weighted by Crippen LogP contribution is -2.08. The Kier molecular flexibility index (Phi) is 3.15. The molecule has 0 saturated carbocycles. The molecule has 1 N–H and O–H groups in total. The van der Waals surface area contributed by atoms with Gasteiger partial charge in [0.2, 0.25) is 5.88 Å². The standard InChI is InChI=1S/C15H19N3O/c1-18(2)12-7-5-6-11(10-12)14-13-8-3-4-9-16-15(13)19-17-14/h5-7,10,16H,3-4,8-9H2,1-2H3. The number of hydrogen-bond donors (Lipinski definition) is 1. The number of fused-ring (bicyclic) bond motifs is 1. The van der Waals surface area contributed by atoms with Crippen LogP contribution in [-0.2, 0) is 6.42 Å². The fourth-order valence-electron chi connectivity index (χ4n) is 2.47. The van der Waals surface area contributed by atoms with Crippen molar-refractivity contribution in [2.24, 2.45) is 0 Å². The first-order valence-electron chi connectivity index (χ1n) is 6.76. The van der Waals surface area contributed by atoms with E-state index >= 15 is 0 Å². The number of benzene rings is 1. The van der Waals surface area contributed by atoms with Crippen LogP contribution < -0.4 is 10.2 Å². The highest BCUT2D eigenvalue weighted by molar-refractivity contribution is 5.71. The summed E-state index contributed by atoms with van der Waals surface area (Å²) in [6.07, 6.45) is 3.40. The molecular weight excluding hydrogens is 238 g/mol. The van der Waals surface area contributed by atoms with Gasteiger partial charge in [-0.1, -0.05) is 17.3 Å². The second kappa shape index (κ2) is 4.96. The minimum atomic E-state index is 0.850. The van der Waals surface area contributed by atoms with Crippen LogP contribution in [0.5, 0.6) is 0 Å². The Morgan fingerprint density at radius 3 is 3.00 bits per heavy atom. The van der Waals surface area contributed by atoms with Crippen LogP contribution in [0.4, 0.5) is 11.6 Å². The third kappa shape index (κ3) is 2.30. The van der Waals surface area contributed by atoms with Gasteiger partial charge in [-0.3, -0.25) is 0 Å². The van der Waals surface area contributed by atoms with E-state index in [1.54, 1.807) is 0 Å². The SMILES string of the molecule is CN(C)c1cccc(-c2noc3c2CCCCN3)c1. The van der Waals surface area contributed by atoms with Crippen molar-refractivity contribution in [2.75, 3.05) is 30.9 Å². The molecule has 0 fully saturated rings. The maximum atomic E-state index is 5.45. The molecule has 0 saturated heterocycles. The molecule has 0 radical (unpaired) electrons. The molecule has 1 aliphatic rings. The molecule has 0 bridgehead atoms. The summed E-state index contributed by atoms with van der Waals surface area (Å²) < 4.78 is 5.45. The minimum absolute atomic E-state index is 0.850. The Balaban J connectivity index is 2.02. The highest BCUT2D eigenvalue weighted by Gasteiger charge is 2.19. The molecule has 2 aromatic rings. The van der Waals surface area contributed by atoms with Crippen molar-refractivity contribution in [3.63, 3.8) is 0 Å². The van der Waals surface area contributed by atoms with E-state index in [1.165, 1.54) is 24.1 Å². The molecule has 0 unspecified atom stereocenters. The van der Waals surface area contributed by atoms with Gasteiger partial charge in [0.05, 0.1) is 0 Å². The summed E-state index contributed by atoms with van der Waals surface area (Å²) in [7, 11) is 4.09. The van der Waals surface area contributed by atoms with Crippen LogP contribution in [0.1, 0.15) is 18.4 Å². The summed E-state index contributed by atoms with van der Waals surface area (Å²) in [6, 6.07) is 8.41. The van der Waals surface area contributed by atoms with Crippen molar-refractivity contribution < 1.29 is 4.52 Å². The lowest BCUT2D eigenvalue weighted by Gasteiger charge is -2.13. The van der Waals surface area contributed by atoms with Crippen molar-refractivity contribution in [2.45, 2.75) is 19.3 Å². The predicted molar refractivity (Wildman–Crippen MR) is 77.7 cm³/mol. The summed E-state index contributed by atoms with van der Waals surface area (Å²) in [5, 5.41) is 7.57. The van der Waals surface area contributed by atoms with Crippen molar-refractivity contribution in [1.82, 2.24) is 5.16 Å². The Bertz CT molecular complexity index is 575. The molecule has 2 heterocycles. The van der Waals surface area contributed by atoms with Crippen molar-refractivity contribution in [3.8, 4) is 11.3 Å². The van der Waals surface area contributed by atoms with E-state index < -0.39 is 0 Å². The molecule has 19 heavy (non-hydrogen) atoms. The van der Waals surface area contributed by atoms with Crippen LogP contribution in [0.3, 0.4) is 0 Å². The van der Waals surface area contributed by atoms with Crippen molar-refractivity contribution >= 4 is 11.6 Å². The number of nitrogens with zero attached hydrogens (tertiary/aromatic N) is 2. The molecule has 4 nitrogen and oxygen atoms in total. The van der Waals surface area contributed by atoms with Crippen LogP contribution in [0.25, 0.3) is 11.3 Å². The highest BCUT2D eigenvalue weighted by atomic mass is 16.5. The Labute approximate surface area is 113 Å². The molecule has 0 aliphatic carbocycles. The number of aromatic nitrogens is 1. The second-order valence-corrected chi connectivity index (χ2v) is 5.17. The number of anilines is 2. The zero-order valence-corrected chi connectivity index (χ0v) is 11.4. The summed E-state index contributed by atoms with van der Waals surface area (Å²) in [4.78, 5) is 2.10. The zero-order valence-electron chi connectivity index (χ0n) is 11.4. The van der Waals surface area contributed by atoms with Crippen molar-refractivity contribution in [3.05, 3.63) is 29.8 Å². The quantitative estimate of drug-likeness (QED) is 0.897. The fraction of sp³-hybridized carbons (Fsp3) is 0.400. The normalized spacial score (nSPS) is 14.4. The van der Waals surface area contributed by atoms with Crippen LogP contribution in [-0.4, -0.2) is 25.8 Å². The van der Waals surface area contributed by atoms with E-state index in [0.717, 1.165) is 30.1 Å². The van der Waals surface area contributed by atoms with Gasteiger partial charge in [-0.15, -0.1) is 0 Å². The molecule has 1 aromatic carbocycles. The molecule has 0 atom stereocenters. The van der Waals surface area contributed by atoms with Gasteiger partial charge < -0.3 is 14.7 Å². The smallest absolute Gasteiger partial charge is 0.228 e. The fourth-order valence-corrected chi connectivity index (χ4v) is 2.47. The maximum Gasteiger partial charge on any atom is 0.228 e. The van der Waals surface area contributed by atoms with E-state index in [1.807, 2.05) is 14.1 Å². The Morgan fingerprint density at radius 2 is 2.16 bits per heavy atom. The Hall–Kier alpha value is -1.97. The van der Waals surface area contributed by atoms with E-state index in [-0.39, 0.29) is 0 Å². The summed E-state index contributed by atoms with van der Waals surface area (Å²) in [5.74, 6) is 0.850. The van der Waals surface area contributed by atoms with E-state index in [9.17, 15) is 0 Å². The maximum absolute atomic E-state index is 5.45. The molecule has 1 aromatic heterocycles. The lowest BCUT2D eigenvalue weighted by atomic mass is 10.0. The molecule has 0 amide bonds. The molecule has 4 heteroatoms. The minimum Gasteiger partial charge on any atom is -0.378 e. The van der Waals surface area contributed by atoms with Gasteiger partial charge in [0.25, 0.3) is 0 Å².